The maximum Gasteiger partial charge on any atom is 0.149 e. The Morgan fingerprint density at radius 1 is 1.30 bits per heavy atom. The first-order valence-corrected chi connectivity index (χ1v) is 7.03. The van der Waals surface area contributed by atoms with E-state index in [2.05, 4.69) is 9.59 Å². The third-order valence-corrected chi connectivity index (χ3v) is 3.89. The van der Waals surface area contributed by atoms with Gasteiger partial charge in [0.05, 0.1) is 10.6 Å². The van der Waals surface area contributed by atoms with E-state index >= 15 is 0 Å². The van der Waals surface area contributed by atoms with Crippen molar-refractivity contribution in [3.8, 4) is 0 Å². The molecule has 1 aromatic carbocycles. The van der Waals surface area contributed by atoms with Gasteiger partial charge in [0, 0.05) is 5.39 Å². The second-order valence-corrected chi connectivity index (χ2v) is 5.70. The molecule has 2 heterocycles. The van der Waals surface area contributed by atoms with E-state index in [-0.39, 0.29) is 11.7 Å². The van der Waals surface area contributed by atoms with Gasteiger partial charge in [-0.1, -0.05) is 18.3 Å². The highest BCUT2D eigenvalue weighted by atomic mass is 32.1. The third-order valence-electron chi connectivity index (χ3n) is 3.10. The maximum absolute atomic E-state index is 13.2. The van der Waals surface area contributed by atoms with Crippen molar-refractivity contribution in [3.05, 3.63) is 46.4 Å². The van der Waals surface area contributed by atoms with E-state index in [0.29, 0.717) is 21.6 Å². The van der Waals surface area contributed by atoms with Crippen LogP contribution in [0.1, 0.15) is 42.2 Å². The molecule has 1 atom stereocenters. The van der Waals surface area contributed by atoms with Crippen LogP contribution >= 0.6 is 11.5 Å². The van der Waals surface area contributed by atoms with Crippen molar-refractivity contribution in [2.75, 3.05) is 0 Å². The second kappa shape index (κ2) is 4.96. The molecule has 0 aliphatic heterocycles. The Balaban J connectivity index is 2.03. The lowest BCUT2D eigenvalue weighted by atomic mass is 10.1. The van der Waals surface area contributed by atoms with Crippen LogP contribution in [0, 0.1) is 5.82 Å². The van der Waals surface area contributed by atoms with Crippen molar-refractivity contribution in [1.29, 1.82) is 0 Å². The topological polar surface area (TPSA) is 59.2 Å². The van der Waals surface area contributed by atoms with Gasteiger partial charge in [-0.3, -0.25) is 0 Å². The minimum absolute atomic E-state index is 0.167. The normalized spacial score (nSPS) is 13.2. The lowest BCUT2D eigenvalue weighted by molar-refractivity contribution is 0.194. The fraction of sp³-hybridized carbons (Fsp3) is 0.286. The quantitative estimate of drug-likeness (QED) is 0.801. The molecular weight excluding hydrogens is 279 g/mol. The van der Waals surface area contributed by atoms with Crippen molar-refractivity contribution in [1.82, 2.24) is 9.59 Å². The predicted molar refractivity (Wildman–Crippen MR) is 74.2 cm³/mol. The van der Waals surface area contributed by atoms with Gasteiger partial charge in [-0.05, 0) is 41.7 Å². The van der Waals surface area contributed by atoms with Crippen LogP contribution in [-0.4, -0.2) is 14.7 Å². The maximum atomic E-state index is 13.2. The fourth-order valence-corrected chi connectivity index (χ4v) is 2.90. The molecule has 0 bridgehead atoms. The number of hydrogen-bond donors (Lipinski definition) is 1. The van der Waals surface area contributed by atoms with E-state index in [9.17, 15) is 9.50 Å². The first-order chi connectivity index (χ1) is 9.56. The summed E-state index contributed by atoms with van der Waals surface area (Å²) in [5, 5.41) is 15.1. The zero-order valence-corrected chi connectivity index (χ0v) is 11.8. The molecule has 3 aromatic rings. The molecule has 6 heteroatoms. The van der Waals surface area contributed by atoms with E-state index in [0.717, 1.165) is 17.2 Å². The van der Waals surface area contributed by atoms with Gasteiger partial charge in [0.15, 0.2) is 0 Å². The van der Waals surface area contributed by atoms with Gasteiger partial charge >= 0.3 is 0 Å². The molecule has 0 saturated heterocycles. The number of hydrogen-bond acceptors (Lipinski definition) is 5. The molecule has 0 saturated carbocycles. The number of aromatic nitrogens is 2. The highest BCUT2D eigenvalue weighted by Crippen LogP contribution is 2.33. The number of benzene rings is 1. The van der Waals surface area contributed by atoms with Gasteiger partial charge in [-0.25, -0.2) is 4.39 Å². The van der Waals surface area contributed by atoms with Gasteiger partial charge in [0.2, 0.25) is 0 Å². The summed E-state index contributed by atoms with van der Waals surface area (Å²) < 4.78 is 22.6. The summed E-state index contributed by atoms with van der Waals surface area (Å²) in [7, 11) is 0. The molecule has 20 heavy (non-hydrogen) atoms. The average molecular weight is 292 g/mol. The Morgan fingerprint density at radius 2 is 2.10 bits per heavy atom. The van der Waals surface area contributed by atoms with Crippen LogP contribution in [-0.2, 0) is 0 Å². The molecular formula is C14H13FN2O2S. The summed E-state index contributed by atoms with van der Waals surface area (Å²) in [6.07, 6.45) is -0.928. The van der Waals surface area contributed by atoms with Crippen molar-refractivity contribution >= 4 is 22.5 Å². The summed E-state index contributed by atoms with van der Waals surface area (Å²) in [6.45, 7) is 3.97. The minimum atomic E-state index is -0.928. The molecule has 0 amide bonds. The highest BCUT2D eigenvalue weighted by Gasteiger charge is 2.23. The number of nitrogens with zero attached hydrogens (tertiary/aromatic N) is 2. The first-order valence-electron chi connectivity index (χ1n) is 6.25. The first kappa shape index (κ1) is 13.2. The molecule has 0 spiro atoms. The lowest BCUT2D eigenvalue weighted by Crippen LogP contribution is -2.01. The monoisotopic (exact) mass is 292 g/mol. The standard InChI is InChI=1S/C14H13FN2O2S/c1-7(2)12-14(20-17-16-12)13(18)11-6-8-5-9(15)3-4-10(8)19-11/h3-7,13,18H,1-2H3. The number of aliphatic hydroxyl groups excluding tert-OH is 1. The van der Waals surface area contributed by atoms with Crippen LogP contribution in [0.5, 0.6) is 0 Å². The third kappa shape index (κ3) is 2.21. The van der Waals surface area contributed by atoms with Gasteiger partial charge in [0.25, 0.3) is 0 Å². The number of furan rings is 1. The van der Waals surface area contributed by atoms with E-state index in [1.807, 2.05) is 13.8 Å². The number of rotatable bonds is 3. The van der Waals surface area contributed by atoms with Gasteiger partial charge < -0.3 is 9.52 Å². The minimum Gasteiger partial charge on any atom is -0.458 e. The van der Waals surface area contributed by atoms with Crippen LogP contribution in [0.2, 0.25) is 0 Å². The molecule has 0 radical (unpaired) electrons. The average Bonchev–Trinajstić information content (AvgIpc) is 3.03. The summed E-state index contributed by atoms with van der Waals surface area (Å²) in [5.74, 6) is 0.209. The van der Waals surface area contributed by atoms with Crippen LogP contribution < -0.4 is 0 Å². The van der Waals surface area contributed by atoms with E-state index in [1.54, 1.807) is 12.1 Å². The van der Waals surface area contributed by atoms with Crippen molar-refractivity contribution in [2.24, 2.45) is 0 Å². The van der Waals surface area contributed by atoms with Crippen LogP contribution in [0.25, 0.3) is 11.0 Å². The van der Waals surface area contributed by atoms with Gasteiger partial charge in [-0.2, -0.15) is 0 Å². The Kier molecular flexibility index (Phi) is 3.27. The molecule has 0 aliphatic carbocycles. The van der Waals surface area contributed by atoms with E-state index < -0.39 is 6.10 Å². The number of aliphatic hydroxyl groups is 1. The van der Waals surface area contributed by atoms with Crippen LogP contribution in [0.3, 0.4) is 0 Å². The van der Waals surface area contributed by atoms with Gasteiger partial charge in [0.1, 0.15) is 23.3 Å². The van der Waals surface area contributed by atoms with Crippen molar-refractivity contribution in [3.63, 3.8) is 0 Å². The van der Waals surface area contributed by atoms with E-state index in [4.69, 9.17) is 4.42 Å². The molecule has 0 fully saturated rings. The van der Waals surface area contributed by atoms with Crippen molar-refractivity contribution in [2.45, 2.75) is 25.9 Å². The zero-order chi connectivity index (χ0) is 14.3. The predicted octanol–water partition coefficient (Wildman–Crippen LogP) is 3.63. The van der Waals surface area contributed by atoms with Crippen LogP contribution in [0.4, 0.5) is 4.39 Å². The molecule has 4 nitrogen and oxygen atoms in total. The molecule has 1 N–H and O–H groups in total. The van der Waals surface area contributed by atoms with Gasteiger partial charge in [-0.15, -0.1) is 5.10 Å². The Hall–Kier alpha value is -1.79. The van der Waals surface area contributed by atoms with Crippen LogP contribution in [0.15, 0.2) is 28.7 Å². The lowest BCUT2D eigenvalue weighted by Gasteiger charge is -2.08. The molecule has 2 aromatic heterocycles. The molecule has 3 rings (SSSR count). The van der Waals surface area contributed by atoms with Crippen molar-refractivity contribution < 1.29 is 13.9 Å². The van der Waals surface area contributed by atoms with E-state index in [1.165, 1.54) is 12.1 Å². The summed E-state index contributed by atoms with van der Waals surface area (Å²) in [4.78, 5) is 0.666. The SMILES string of the molecule is CC(C)c1nnsc1C(O)c1cc2cc(F)ccc2o1. The summed E-state index contributed by atoms with van der Waals surface area (Å²) >= 11 is 1.15. The zero-order valence-electron chi connectivity index (χ0n) is 11.0. The molecule has 1 unspecified atom stereocenters. The summed E-state index contributed by atoms with van der Waals surface area (Å²) in [5.41, 5.74) is 1.30. The Bertz CT molecular complexity index is 751. The number of fused-ring (bicyclic) bond motifs is 1. The smallest absolute Gasteiger partial charge is 0.149 e. The Labute approximate surface area is 119 Å². The largest absolute Gasteiger partial charge is 0.458 e. The second-order valence-electron chi connectivity index (χ2n) is 4.91. The molecule has 104 valence electrons. The highest BCUT2D eigenvalue weighted by molar-refractivity contribution is 7.05. The fourth-order valence-electron chi connectivity index (χ4n) is 2.09. The summed E-state index contributed by atoms with van der Waals surface area (Å²) in [6, 6.07) is 5.90. The number of halogens is 1. The molecule has 0 aliphatic rings. The Morgan fingerprint density at radius 3 is 2.85 bits per heavy atom.